The molecule has 2 aromatic heterocycles. The van der Waals surface area contributed by atoms with Crippen molar-refractivity contribution >= 4 is 29.1 Å². The Kier molecular flexibility index (Phi) is 7.58. The van der Waals surface area contributed by atoms with Crippen LogP contribution in [0.1, 0.15) is 31.2 Å². The van der Waals surface area contributed by atoms with E-state index in [1.165, 1.54) is 30.9 Å². The van der Waals surface area contributed by atoms with E-state index < -0.39 is 16.9 Å². The summed E-state index contributed by atoms with van der Waals surface area (Å²) in [6, 6.07) is 13.9. The molecule has 5 rings (SSSR count). The average molecular weight is 576 g/mol. The monoisotopic (exact) mass is 575 g/mol. The van der Waals surface area contributed by atoms with Gasteiger partial charge in [-0.1, -0.05) is 29.5 Å². The minimum atomic E-state index is -0.819. The molecule has 11 nitrogen and oxygen atoms in total. The zero-order chi connectivity index (χ0) is 29.3. The van der Waals surface area contributed by atoms with Crippen molar-refractivity contribution < 1.29 is 28.3 Å². The first-order chi connectivity index (χ1) is 19.8. The van der Waals surface area contributed by atoms with Crippen molar-refractivity contribution in [3.63, 3.8) is 0 Å². The van der Waals surface area contributed by atoms with Gasteiger partial charge in [-0.25, -0.2) is 9.79 Å². The summed E-state index contributed by atoms with van der Waals surface area (Å²) in [5.41, 5.74) is 1.35. The zero-order valence-electron chi connectivity index (χ0n) is 22.6. The molecular weight excluding hydrogens is 550 g/mol. The van der Waals surface area contributed by atoms with Crippen molar-refractivity contribution in [1.29, 1.82) is 0 Å². The number of furan rings is 1. The molecule has 0 radical (unpaired) electrons. The topological polar surface area (TPSA) is 135 Å². The van der Waals surface area contributed by atoms with Crippen molar-refractivity contribution in [2.75, 3.05) is 20.8 Å². The molecule has 0 fully saturated rings. The van der Waals surface area contributed by atoms with E-state index in [0.29, 0.717) is 43.4 Å². The molecule has 0 N–H and O–H groups in total. The predicted molar refractivity (Wildman–Crippen MR) is 151 cm³/mol. The lowest BCUT2D eigenvalue weighted by molar-refractivity contribution is -0.384. The Morgan fingerprint density at radius 2 is 1.90 bits per heavy atom. The molecular formula is C29H25N3O8S. The van der Waals surface area contributed by atoms with Gasteiger partial charge in [-0.05, 0) is 38.1 Å². The maximum absolute atomic E-state index is 13.9. The number of hydrogen-bond donors (Lipinski definition) is 0. The highest BCUT2D eigenvalue weighted by Gasteiger charge is 2.35. The van der Waals surface area contributed by atoms with E-state index >= 15 is 0 Å². The van der Waals surface area contributed by atoms with Crippen LogP contribution in [0.15, 0.2) is 80.1 Å². The summed E-state index contributed by atoms with van der Waals surface area (Å²) in [6.45, 7) is 3.59. The lowest BCUT2D eigenvalue weighted by Gasteiger charge is -2.25. The van der Waals surface area contributed by atoms with Crippen molar-refractivity contribution in [2.24, 2.45) is 4.99 Å². The quantitative estimate of drug-likeness (QED) is 0.175. The normalized spacial score (nSPS) is 14.8. The number of para-hydroxylation sites is 1. The number of aromatic nitrogens is 1. The minimum absolute atomic E-state index is 0.111. The van der Waals surface area contributed by atoms with Crippen LogP contribution in [0.3, 0.4) is 0 Å². The maximum atomic E-state index is 13.9. The lowest BCUT2D eigenvalue weighted by Crippen LogP contribution is -2.40. The van der Waals surface area contributed by atoms with Gasteiger partial charge in [0.1, 0.15) is 29.1 Å². The van der Waals surface area contributed by atoms with E-state index in [-0.39, 0.29) is 29.2 Å². The van der Waals surface area contributed by atoms with Gasteiger partial charge in [0.05, 0.1) is 53.2 Å². The van der Waals surface area contributed by atoms with Gasteiger partial charge < -0.3 is 18.6 Å². The number of benzene rings is 2. The Morgan fingerprint density at radius 3 is 2.61 bits per heavy atom. The molecule has 2 aromatic carbocycles. The summed E-state index contributed by atoms with van der Waals surface area (Å²) in [5.74, 6) is 1.00. The van der Waals surface area contributed by atoms with E-state index in [1.807, 2.05) is 6.07 Å². The maximum Gasteiger partial charge on any atom is 0.338 e. The van der Waals surface area contributed by atoms with E-state index in [2.05, 4.69) is 4.99 Å². The molecule has 0 saturated heterocycles. The van der Waals surface area contributed by atoms with Crippen molar-refractivity contribution in [1.82, 2.24) is 4.57 Å². The summed E-state index contributed by atoms with van der Waals surface area (Å²) in [7, 11) is 2.94. The fourth-order valence-electron chi connectivity index (χ4n) is 4.68. The number of non-ortho nitro benzene ring substituents is 1. The first-order valence-electron chi connectivity index (χ1n) is 12.5. The number of carbonyl (C=O) groups is 1. The number of nitrogens with zero attached hydrogens (tertiary/aromatic N) is 3. The van der Waals surface area contributed by atoms with Gasteiger partial charge in [0.25, 0.3) is 11.2 Å². The van der Waals surface area contributed by atoms with E-state index in [9.17, 15) is 19.7 Å². The molecule has 12 heteroatoms. The molecule has 1 aliphatic rings. The molecule has 0 aliphatic carbocycles. The fraction of sp³-hybridized carbons (Fsp3) is 0.207. The Labute approximate surface area is 237 Å². The summed E-state index contributed by atoms with van der Waals surface area (Å²) in [5, 5.41) is 11.1. The van der Waals surface area contributed by atoms with Crippen molar-refractivity contribution in [2.45, 2.75) is 19.9 Å². The SMILES string of the molecule is CCOC(=O)C1=C(C)N=c2sc(=Cc3ccc(-c4ccc([N+](=O)[O-])cc4OC)o3)c(=O)n2C1c1ccccc1OC. The van der Waals surface area contributed by atoms with Crippen LogP contribution in [0, 0.1) is 10.1 Å². The van der Waals surface area contributed by atoms with Gasteiger partial charge in [-0.3, -0.25) is 19.5 Å². The van der Waals surface area contributed by atoms with Gasteiger partial charge in [0, 0.05) is 17.7 Å². The fourth-order valence-corrected chi connectivity index (χ4v) is 5.71. The Hall–Kier alpha value is -4.97. The summed E-state index contributed by atoms with van der Waals surface area (Å²) >= 11 is 1.16. The van der Waals surface area contributed by atoms with Crippen LogP contribution in [0.25, 0.3) is 17.4 Å². The van der Waals surface area contributed by atoms with E-state index in [0.717, 1.165) is 11.3 Å². The van der Waals surface area contributed by atoms with Gasteiger partial charge in [0.15, 0.2) is 4.80 Å². The highest BCUT2D eigenvalue weighted by Crippen LogP contribution is 2.36. The summed E-state index contributed by atoms with van der Waals surface area (Å²) < 4.78 is 24.0. The van der Waals surface area contributed by atoms with E-state index in [1.54, 1.807) is 56.3 Å². The molecule has 0 saturated carbocycles. The molecule has 4 aromatic rings. The number of thiazole rings is 1. The van der Waals surface area contributed by atoms with Gasteiger partial charge in [0.2, 0.25) is 0 Å². The number of allylic oxidation sites excluding steroid dienone is 1. The second-order valence-electron chi connectivity index (χ2n) is 8.89. The molecule has 0 bridgehead atoms. The Balaban J connectivity index is 1.63. The predicted octanol–water partition coefficient (Wildman–Crippen LogP) is 3.98. The highest BCUT2D eigenvalue weighted by atomic mass is 32.1. The van der Waals surface area contributed by atoms with Crippen molar-refractivity contribution in [3.8, 4) is 22.8 Å². The van der Waals surface area contributed by atoms with Crippen LogP contribution < -0.4 is 24.4 Å². The number of ether oxygens (including phenoxy) is 3. The molecule has 1 atom stereocenters. The molecule has 0 amide bonds. The van der Waals surface area contributed by atoms with Crippen LogP contribution >= 0.6 is 11.3 Å². The van der Waals surface area contributed by atoms with Gasteiger partial charge in [-0.2, -0.15) is 0 Å². The minimum Gasteiger partial charge on any atom is -0.496 e. The van der Waals surface area contributed by atoms with E-state index in [4.69, 9.17) is 18.6 Å². The first-order valence-corrected chi connectivity index (χ1v) is 13.3. The van der Waals surface area contributed by atoms with Crippen LogP contribution in [-0.2, 0) is 9.53 Å². The smallest absolute Gasteiger partial charge is 0.338 e. The molecule has 1 unspecified atom stereocenters. The number of carbonyl (C=O) groups excluding carboxylic acids is 1. The number of esters is 1. The van der Waals surface area contributed by atoms with Gasteiger partial charge >= 0.3 is 5.97 Å². The third-order valence-electron chi connectivity index (χ3n) is 6.51. The Morgan fingerprint density at radius 1 is 1.15 bits per heavy atom. The molecule has 210 valence electrons. The molecule has 3 heterocycles. The lowest BCUT2D eigenvalue weighted by atomic mass is 9.95. The van der Waals surface area contributed by atoms with Crippen LogP contribution in [0.4, 0.5) is 5.69 Å². The van der Waals surface area contributed by atoms with Gasteiger partial charge in [-0.15, -0.1) is 0 Å². The molecule has 1 aliphatic heterocycles. The summed E-state index contributed by atoms with van der Waals surface area (Å²) in [4.78, 5) is 42.6. The number of nitro groups is 1. The molecule has 0 spiro atoms. The standard InChI is InChI=1S/C29H25N3O8S/c1-5-39-28(34)25-16(2)30-29-31(26(25)20-8-6-7-9-21(20)37-3)27(33)24(41-29)15-18-11-13-22(40-18)19-12-10-17(32(35)36)14-23(19)38-4/h6-15,26H,5H2,1-4H3. The number of nitro benzene ring substituents is 1. The molecule has 41 heavy (non-hydrogen) atoms. The van der Waals surface area contributed by atoms with Crippen LogP contribution in [-0.4, -0.2) is 36.3 Å². The zero-order valence-corrected chi connectivity index (χ0v) is 23.4. The second kappa shape index (κ2) is 11.3. The van der Waals surface area contributed by atoms with Crippen LogP contribution in [0.5, 0.6) is 11.5 Å². The third-order valence-corrected chi connectivity index (χ3v) is 7.50. The third kappa shape index (κ3) is 5.05. The second-order valence-corrected chi connectivity index (χ2v) is 9.90. The summed E-state index contributed by atoms with van der Waals surface area (Å²) in [6.07, 6.45) is 1.59. The highest BCUT2D eigenvalue weighted by molar-refractivity contribution is 7.07. The largest absolute Gasteiger partial charge is 0.496 e. The first kappa shape index (κ1) is 27.6. The number of rotatable bonds is 8. The Bertz CT molecular complexity index is 1880. The van der Waals surface area contributed by atoms with Crippen molar-refractivity contribution in [3.05, 3.63) is 107 Å². The number of hydrogen-bond acceptors (Lipinski definition) is 10. The van der Waals surface area contributed by atoms with Crippen LogP contribution in [0.2, 0.25) is 0 Å². The average Bonchev–Trinajstić information content (AvgIpc) is 3.55. The number of methoxy groups -OCH3 is 2. The number of fused-ring (bicyclic) bond motifs is 1.